The Morgan fingerprint density at radius 1 is 1.03 bits per heavy atom. The zero-order valence-corrected chi connectivity index (χ0v) is 19.4. The first-order valence-corrected chi connectivity index (χ1v) is 12.2. The van der Waals surface area contributed by atoms with Gasteiger partial charge in [0.15, 0.2) is 11.0 Å². The Kier molecular flexibility index (Phi) is 6.43. The Labute approximate surface area is 199 Å². The molecule has 1 aliphatic heterocycles. The van der Waals surface area contributed by atoms with Gasteiger partial charge in [-0.05, 0) is 62.3 Å². The van der Waals surface area contributed by atoms with Crippen LogP contribution in [0, 0.1) is 5.82 Å². The van der Waals surface area contributed by atoms with Crippen LogP contribution in [-0.4, -0.2) is 42.1 Å². The van der Waals surface area contributed by atoms with Crippen LogP contribution >= 0.6 is 23.4 Å². The van der Waals surface area contributed by atoms with E-state index in [-0.39, 0.29) is 11.4 Å². The maximum absolute atomic E-state index is 13.6. The number of likely N-dealkylation sites (tertiary alicyclic amines) is 1. The Bertz CT molecular complexity index is 1330. The van der Waals surface area contributed by atoms with Crippen LogP contribution in [-0.2, 0) is 12.3 Å². The number of nitrogens with zero attached hydrogens (tertiary/aromatic N) is 6. The molecule has 0 unspecified atom stereocenters. The van der Waals surface area contributed by atoms with Gasteiger partial charge in [0.1, 0.15) is 11.5 Å². The summed E-state index contributed by atoms with van der Waals surface area (Å²) in [5, 5.41) is 10.0. The summed E-state index contributed by atoms with van der Waals surface area (Å²) < 4.78 is 16.9. The molecule has 3 aromatic heterocycles. The van der Waals surface area contributed by atoms with E-state index in [0.29, 0.717) is 33.8 Å². The van der Waals surface area contributed by atoms with Crippen molar-refractivity contribution in [3.05, 3.63) is 81.4 Å². The molecule has 33 heavy (non-hydrogen) atoms. The Morgan fingerprint density at radius 2 is 1.82 bits per heavy atom. The molecule has 0 N–H and O–H groups in total. The topological polar surface area (TPSA) is 68.3 Å². The maximum atomic E-state index is 13.6. The lowest BCUT2D eigenvalue weighted by Gasteiger charge is -2.26. The summed E-state index contributed by atoms with van der Waals surface area (Å²) in [6.45, 7) is 2.75. The van der Waals surface area contributed by atoms with Crippen molar-refractivity contribution in [2.45, 2.75) is 36.7 Å². The molecule has 170 valence electrons. The van der Waals surface area contributed by atoms with Crippen molar-refractivity contribution in [2.75, 3.05) is 13.1 Å². The number of hydrogen-bond donors (Lipinski definition) is 0. The minimum atomic E-state index is -0.292. The number of pyridine rings is 1. The van der Waals surface area contributed by atoms with Crippen LogP contribution < -0.4 is 5.56 Å². The van der Waals surface area contributed by atoms with E-state index in [0.717, 1.165) is 24.6 Å². The normalized spacial score (nSPS) is 14.7. The van der Waals surface area contributed by atoms with Crippen molar-refractivity contribution in [3.8, 4) is 5.69 Å². The third-order valence-corrected chi connectivity index (χ3v) is 6.81. The van der Waals surface area contributed by atoms with Crippen LogP contribution in [0.4, 0.5) is 4.39 Å². The van der Waals surface area contributed by atoms with Gasteiger partial charge in [0.2, 0.25) is 0 Å². The molecule has 0 spiro atoms. The smallest absolute Gasteiger partial charge is 0.258 e. The maximum Gasteiger partial charge on any atom is 0.258 e. The second-order valence-electron chi connectivity index (χ2n) is 8.00. The molecule has 0 aliphatic carbocycles. The SMILES string of the molecule is O=c1cc(CSc2nnc(CN3CCCCC3)n2-c2ccc(F)cc2)nc2ccc(Cl)cn12. The van der Waals surface area contributed by atoms with E-state index in [9.17, 15) is 9.18 Å². The molecular weight excluding hydrogens is 463 g/mol. The summed E-state index contributed by atoms with van der Waals surface area (Å²) in [7, 11) is 0. The van der Waals surface area contributed by atoms with Crippen molar-refractivity contribution in [2.24, 2.45) is 0 Å². The number of thioether (sulfide) groups is 1. The Balaban J connectivity index is 1.43. The van der Waals surface area contributed by atoms with Gasteiger partial charge in [-0.1, -0.05) is 29.8 Å². The van der Waals surface area contributed by atoms with E-state index in [1.807, 2.05) is 4.57 Å². The fraction of sp³-hybridized carbons (Fsp3) is 0.304. The first kappa shape index (κ1) is 22.1. The molecule has 0 atom stereocenters. The van der Waals surface area contributed by atoms with Gasteiger partial charge < -0.3 is 0 Å². The lowest BCUT2D eigenvalue weighted by atomic mass is 10.1. The van der Waals surface area contributed by atoms with Crippen molar-refractivity contribution >= 4 is 29.0 Å². The first-order valence-electron chi connectivity index (χ1n) is 10.8. The van der Waals surface area contributed by atoms with Gasteiger partial charge in [0.25, 0.3) is 5.56 Å². The molecule has 7 nitrogen and oxygen atoms in total. The zero-order valence-electron chi connectivity index (χ0n) is 17.8. The predicted octanol–water partition coefficient (Wildman–Crippen LogP) is 4.35. The standard InChI is InChI=1S/C23H22ClFN6OS/c24-16-4-9-20-26-18(12-22(32)30(20)13-16)15-33-23-28-27-21(14-29-10-2-1-3-11-29)31(23)19-7-5-17(25)6-8-19/h4-9,12-13H,1-3,10-11,14-15H2. The highest BCUT2D eigenvalue weighted by Gasteiger charge is 2.19. The van der Waals surface area contributed by atoms with Gasteiger partial charge in [-0.2, -0.15) is 0 Å². The molecule has 1 aromatic carbocycles. The molecule has 0 amide bonds. The lowest BCUT2D eigenvalue weighted by Crippen LogP contribution is -2.30. The molecule has 1 fully saturated rings. The molecule has 0 saturated carbocycles. The van der Waals surface area contributed by atoms with Crippen molar-refractivity contribution in [1.29, 1.82) is 0 Å². The summed E-state index contributed by atoms with van der Waals surface area (Å²) in [4.78, 5) is 19.4. The van der Waals surface area contributed by atoms with E-state index < -0.39 is 0 Å². The highest BCUT2D eigenvalue weighted by atomic mass is 35.5. The van der Waals surface area contributed by atoms with Crippen LogP contribution in [0.15, 0.2) is 58.6 Å². The minimum Gasteiger partial charge on any atom is -0.296 e. The van der Waals surface area contributed by atoms with Gasteiger partial charge in [-0.25, -0.2) is 9.37 Å². The van der Waals surface area contributed by atoms with Crippen LogP contribution in [0.25, 0.3) is 11.3 Å². The summed E-state index contributed by atoms with van der Waals surface area (Å²) in [5.74, 6) is 0.962. The van der Waals surface area contributed by atoms with E-state index in [4.69, 9.17) is 11.6 Å². The van der Waals surface area contributed by atoms with E-state index in [1.165, 1.54) is 53.6 Å². The van der Waals surface area contributed by atoms with Crippen LogP contribution in [0.3, 0.4) is 0 Å². The third-order valence-electron chi connectivity index (χ3n) is 5.62. The quantitative estimate of drug-likeness (QED) is 0.379. The van der Waals surface area contributed by atoms with Crippen LogP contribution in [0.2, 0.25) is 5.02 Å². The van der Waals surface area contributed by atoms with Gasteiger partial charge >= 0.3 is 0 Å². The molecular formula is C23H22ClFN6OS. The number of piperidine rings is 1. The fourth-order valence-corrected chi connectivity index (χ4v) is 5.03. The van der Waals surface area contributed by atoms with Gasteiger partial charge in [0, 0.05) is 23.7 Å². The molecule has 0 bridgehead atoms. The lowest BCUT2D eigenvalue weighted by molar-refractivity contribution is 0.214. The van der Waals surface area contributed by atoms with E-state index in [2.05, 4.69) is 20.1 Å². The molecule has 1 aliphatic rings. The molecule has 5 rings (SSSR count). The molecule has 4 aromatic rings. The Hall–Kier alpha value is -2.75. The first-order chi connectivity index (χ1) is 16.1. The summed E-state index contributed by atoms with van der Waals surface area (Å²) in [5.41, 5.74) is 1.79. The molecule has 1 saturated heterocycles. The number of aromatic nitrogens is 5. The van der Waals surface area contributed by atoms with E-state index in [1.54, 1.807) is 30.5 Å². The number of halogens is 2. The van der Waals surface area contributed by atoms with Crippen molar-refractivity contribution in [3.63, 3.8) is 0 Å². The summed E-state index contributed by atoms with van der Waals surface area (Å²) >= 11 is 7.44. The molecule has 0 radical (unpaired) electrons. The highest BCUT2D eigenvalue weighted by molar-refractivity contribution is 7.98. The predicted molar refractivity (Wildman–Crippen MR) is 126 cm³/mol. The van der Waals surface area contributed by atoms with Gasteiger partial charge in [0.05, 0.1) is 17.3 Å². The average Bonchev–Trinajstić information content (AvgIpc) is 3.21. The molecule has 4 heterocycles. The van der Waals surface area contributed by atoms with Crippen molar-refractivity contribution < 1.29 is 4.39 Å². The summed E-state index contributed by atoms with van der Waals surface area (Å²) in [6.07, 6.45) is 5.18. The number of hydrogen-bond acceptors (Lipinski definition) is 6. The summed E-state index contributed by atoms with van der Waals surface area (Å²) in [6, 6.07) is 11.3. The second-order valence-corrected chi connectivity index (χ2v) is 9.38. The van der Waals surface area contributed by atoms with Crippen LogP contribution in [0.1, 0.15) is 30.8 Å². The molecule has 10 heteroatoms. The second kappa shape index (κ2) is 9.62. The fourth-order valence-electron chi connectivity index (χ4n) is 4.00. The largest absolute Gasteiger partial charge is 0.296 e. The monoisotopic (exact) mass is 484 g/mol. The Morgan fingerprint density at radius 3 is 2.61 bits per heavy atom. The van der Waals surface area contributed by atoms with Crippen LogP contribution in [0.5, 0.6) is 0 Å². The van der Waals surface area contributed by atoms with E-state index >= 15 is 0 Å². The van der Waals surface area contributed by atoms with Crippen molar-refractivity contribution in [1.82, 2.24) is 29.0 Å². The number of rotatable bonds is 6. The van der Waals surface area contributed by atoms with Gasteiger partial charge in [-0.3, -0.25) is 18.7 Å². The van der Waals surface area contributed by atoms with Gasteiger partial charge in [-0.15, -0.1) is 10.2 Å². The highest BCUT2D eigenvalue weighted by Crippen LogP contribution is 2.26. The third kappa shape index (κ3) is 4.95. The number of benzene rings is 1. The average molecular weight is 485 g/mol. The number of fused-ring (bicyclic) bond motifs is 1. The zero-order chi connectivity index (χ0) is 22.8. The minimum absolute atomic E-state index is 0.191.